The van der Waals surface area contributed by atoms with Crippen LogP contribution in [0.15, 0.2) is 48.5 Å². The van der Waals surface area contributed by atoms with Crippen LogP contribution in [0.2, 0.25) is 5.02 Å². The third-order valence-corrected chi connectivity index (χ3v) is 3.35. The average molecular weight is 362 g/mol. The van der Waals surface area contributed by atoms with E-state index < -0.39 is 11.9 Å². The number of hydrogen-bond acceptors (Lipinski definition) is 4. The Hall–Kier alpha value is -2.53. The Morgan fingerprint density at radius 1 is 1.12 bits per heavy atom. The third kappa shape index (κ3) is 6.47. The molecule has 0 aromatic heterocycles. The lowest BCUT2D eigenvalue weighted by Gasteiger charge is -2.09. The highest BCUT2D eigenvalue weighted by Gasteiger charge is 2.11. The molecule has 0 saturated heterocycles. The number of carbonyl (C=O) groups excluding carboxylic acids is 2. The fourth-order valence-corrected chi connectivity index (χ4v) is 2.12. The van der Waals surface area contributed by atoms with Gasteiger partial charge in [0.15, 0.2) is 6.61 Å². The topological polar surface area (TPSA) is 64.6 Å². The molecule has 2 rings (SSSR count). The van der Waals surface area contributed by atoms with E-state index in [9.17, 15) is 9.59 Å². The summed E-state index contributed by atoms with van der Waals surface area (Å²) in [6.07, 6.45) is 0. The number of ether oxygens (including phenoxy) is 2. The number of hydrogen-bond donors (Lipinski definition) is 1. The minimum absolute atomic E-state index is 0.354. The standard InChI is InChI=1S/C19H20ClNO4/c1-13(2)11-24-17-8-6-14(7-9-17)19(23)25-12-18(22)21-16-5-3-4-15(20)10-16/h3-10,13H,11-12H2,1-2H3,(H,21,22). The van der Waals surface area contributed by atoms with Gasteiger partial charge in [-0.05, 0) is 48.4 Å². The zero-order valence-electron chi connectivity index (χ0n) is 14.1. The molecule has 6 heteroatoms. The van der Waals surface area contributed by atoms with Gasteiger partial charge in [0.2, 0.25) is 0 Å². The van der Waals surface area contributed by atoms with Crippen LogP contribution < -0.4 is 10.1 Å². The Balaban J connectivity index is 1.82. The monoisotopic (exact) mass is 361 g/mol. The molecule has 0 atom stereocenters. The smallest absolute Gasteiger partial charge is 0.338 e. The highest BCUT2D eigenvalue weighted by molar-refractivity contribution is 6.30. The highest BCUT2D eigenvalue weighted by Crippen LogP contribution is 2.15. The number of amides is 1. The van der Waals surface area contributed by atoms with Crippen molar-refractivity contribution in [1.29, 1.82) is 0 Å². The lowest BCUT2D eigenvalue weighted by molar-refractivity contribution is -0.119. The number of anilines is 1. The van der Waals surface area contributed by atoms with Gasteiger partial charge in [-0.25, -0.2) is 4.79 Å². The van der Waals surface area contributed by atoms with Gasteiger partial charge < -0.3 is 14.8 Å². The molecule has 0 aliphatic carbocycles. The summed E-state index contributed by atoms with van der Waals surface area (Å²) in [5.74, 6) is 0.0933. The van der Waals surface area contributed by atoms with Gasteiger partial charge in [-0.15, -0.1) is 0 Å². The van der Waals surface area contributed by atoms with Gasteiger partial charge >= 0.3 is 5.97 Å². The molecular weight excluding hydrogens is 342 g/mol. The first-order chi connectivity index (χ1) is 11.9. The number of halogens is 1. The van der Waals surface area contributed by atoms with Gasteiger partial charge in [-0.1, -0.05) is 31.5 Å². The second-order valence-corrected chi connectivity index (χ2v) is 6.30. The van der Waals surface area contributed by atoms with E-state index >= 15 is 0 Å². The van der Waals surface area contributed by atoms with Gasteiger partial charge in [-0.3, -0.25) is 4.79 Å². The van der Waals surface area contributed by atoms with E-state index in [1.165, 1.54) is 0 Å². The summed E-state index contributed by atoms with van der Waals surface area (Å²) < 4.78 is 10.6. The zero-order valence-corrected chi connectivity index (χ0v) is 14.9. The Morgan fingerprint density at radius 2 is 1.84 bits per heavy atom. The number of carbonyl (C=O) groups is 2. The molecule has 132 valence electrons. The Labute approximate surface area is 151 Å². The van der Waals surface area contributed by atoms with Crippen LogP contribution in [0.4, 0.5) is 5.69 Å². The number of nitrogens with one attached hydrogen (secondary N) is 1. The highest BCUT2D eigenvalue weighted by atomic mass is 35.5. The van der Waals surface area contributed by atoms with Crippen molar-refractivity contribution in [2.24, 2.45) is 5.92 Å². The van der Waals surface area contributed by atoms with Crippen molar-refractivity contribution in [3.63, 3.8) is 0 Å². The normalized spacial score (nSPS) is 10.4. The van der Waals surface area contributed by atoms with Gasteiger partial charge in [0, 0.05) is 10.7 Å². The molecule has 0 spiro atoms. The molecule has 25 heavy (non-hydrogen) atoms. The van der Waals surface area contributed by atoms with Crippen LogP contribution in [-0.2, 0) is 9.53 Å². The van der Waals surface area contributed by atoms with Gasteiger partial charge in [0.1, 0.15) is 5.75 Å². The lowest BCUT2D eigenvalue weighted by Crippen LogP contribution is -2.20. The molecule has 0 aliphatic rings. The summed E-state index contributed by atoms with van der Waals surface area (Å²) in [5, 5.41) is 3.11. The number of benzene rings is 2. The van der Waals surface area contributed by atoms with Crippen molar-refractivity contribution in [2.45, 2.75) is 13.8 Å². The molecule has 0 fully saturated rings. The third-order valence-electron chi connectivity index (χ3n) is 3.12. The fraction of sp³-hybridized carbons (Fsp3) is 0.263. The van der Waals surface area contributed by atoms with Crippen LogP contribution in [0.3, 0.4) is 0 Å². The molecule has 1 amide bonds. The van der Waals surface area contributed by atoms with E-state index in [1.54, 1.807) is 48.5 Å². The molecule has 0 saturated carbocycles. The SMILES string of the molecule is CC(C)COc1ccc(C(=O)OCC(=O)Nc2cccc(Cl)c2)cc1. The maximum absolute atomic E-state index is 12.0. The average Bonchev–Trinajstić information content (AvgIpc) is 2.58. The van der Waals surface area contributed by atoms with E-state index in [2.05, 4.69) is 19.2 Å². The minimum Gasteiger partial charge on any atom is -0.493 e. The quantitative estimate of drug-likeness (QED) is 0.752. The van der Waals surface area contributed by atoms with Crippen LogP contribution in [0, 0.1) is 5.92 Å². The van der Waals surface area contributed by atoms with E-state index in [0.717, 1.165) is 0 Å². The molecule has 2 aromatic carbocycles. The van der Waals surface area contributed by atoms with Crippen LogP contribution in [-0.4, -0.2) is 25.1 Å². The second kappa shape index (κ2) is 9.08. The van der Waals surface area contributed by atoms with Crippen molar-refractivity contribution in [1.82, 2.24) is 0 Å². The summed E-state index contributed by atoms with van der Waals surface area (Å²) >= 11 is 5.84. The zero-order chi connectivity index (χ0) is 18.2. The first-order valence-corrected chi connectivity index (χ1v) is 8.27. The summed E-state index contributed by atoms with van der Waals surface area (Å²) in [7, 11) is 0. The van der Waals surface area contributed by atoms with E-state index in [4.69, 9.17) is 21.1 Å². The predicted octanol–water partition coefficient (Wildman–Crippen LogP) is 4.17. The summed E-state index contributed by atoms with van der Waals surface area (Å²) in [6.45, 7) is 4.34. The largest absolute Gasteiger partial charge is 0.493 e. The lowest BCUT2D eigenvalue weighted by atomic mass is 10.2. The number of rotatable bonds is 7. The van der Waals surface area contributed by atoms with Gasteiger partial charge in [0.25, 0.3) is 5.91 Å². The molecule has 0 heterocycles. The van der Waals surface area contributed by atoms with Crippen molar-refractivity contribution < 1.29 is 19.1 Å². The Morgan fingerprint density at radius 3 is 2.48 bits per heavy atom. The summed E-state index contributed by atoms with van der Waals surface area (Å²) in [4.78, 5) is 23.8. The molecule has 2 aromatic rings. The fourth-order valence-electron chi connectivity index (χ4n) is 1.93. The summed E-state index contributed by atoms with van der Waals surface area (Å²) in [6, 6.07) is 13.3. The maximum atomic E-state index is 12.0. The minimum atomic E-state index is -0.573. The van der Waals surface area contributed by atoms with Crippen LogP contribution in [0.5, 0.6) is 5.75 Å². The summed E-state index contributed by atoms with van der Waals surface area (Å²) in [5.41, 5.74) is 0.896. The molecule has 0 radical (unpaired) electrons. The first kappa shape index (κ1) is 18.8. The van der Waals surface area contributed by atoms with Gasteiger partial charge in [-0.2, -0.15) is 0 Å². The molecule has 1 N–H and O–H groups in total. The van der Waals surface area contributed by atoms with Crippen LogP contribution in [0.25, 0.3) is 0 Å². The molecular formula is C19H20ClNO4. The maximum Gasteiger partial charge on any atom is 0.338 e. The van der Waals surface area contributed by atoms with Crippen molar-refractivity contribution in [2.75, 3.05) is 18.5 Å². The van der Waals surface area contributed by atoms with Crippen LogP contribution >= 0.6 is 11.6 Å². The Bertz CT molecular complexity index is 728. The van der Waals surface area contributed by atoms with Gasteiger partial charge in [0.05, 0.1) is 12.2 Å². The predicted molar refractivity (Wildman–Crippen MR) is 97.1 cm³/mol. The van der Waals surface area contributed by atoms with Crippen LogP contribution in [0.1, 0.15) is 24.2 Å². The van der Waals surface area contributed by atoms with Crippen molar-refractivity contribution >= 4 is 29.2 Å². The molecule has 0 bridgehead atoms. The second-order valence-electron chi connectivity index (χ2n) is 5.86. The number of esters is 1. The van der Waals surface area contributed by atoms with E-state index in [-0.39, 0.29) is 6.61 Å². The van der Waals surface area contributed by atoms with Crippen molar-refractivity contribution in [3.05, 3.63) is 59.1 Å². The van der Waals surface area contributed by atoms with E-state index in [0.29, 0.717) is 34.5 Å². The molecule has 0 unspecified atom stereocenters. The molecule has 5 nitrogen and oxygen atoms in total. The van der Waals surface area contributed by atoms with E-state index in [1.807, 2.05) is 0 Å². The first-order valence-electron chi connectivity index (χ1n) is 7.89. The Kier molecular flexibility index (Phi) is 6.83. The van der Waals surface area contributed by atoms with Crippen molar-refractivity contribution in [3.8, 4) is 5.75 Å². The molecule has 0 aliphatic heterocycles.